The summed E-state index contributed by atoms with van der Waals surface area (Å²) >= 11 is 3.51. The second-order valence-corrected chi connectivity index (χ2v) is 8.28. The van der Waals surface area contributed by atoms with Gasteiger partial charge in [-0.15, -0.1) is 0 Å². The first-order chi connectivity index (χ1) is 14.6. The Morgan fingerprint density at radius 2 is 2.03 bits per heavy atom. The molecule has 1 aliphatic rings. The van der Waals surface area contributed by atoms with Gasteiger partial charge in [-0.1, -0.05) is 22.0 Å². The lowest BCUT2D eigenvalue weighted by molar-refractivity contribution is 0.0398. The van der Waals surface area contributed by atoms with Crippen LogP contribution in [0.15, 0.2) is 47.1 Å². The number of halogens is 1. The maximum absolute atomic E-state index is 9.66. The van der Waals surface area contributed by atoms with Gasteiger partial charge < -0.3 is 15.4 Å². The number of nitrogens with one attached hydrogen (secondary N) is 2. The summed E-state index contributed by atoms with van der Waals surface area (Å²) in [7, 11) is 0. The molecule has 2 aromatic carbocycles. The van der Waals surface area contributed by atoms with Gasteiger partial charge in [0.25, 0.3) is 0 Å². The largest absolute Gasteiger partial charge is 0.384 e. The Labute approximate surface area is 185 Å². The molecule has 1 aliphatic heterocycles. The first kappa shape index (κ1) is 20.6. The molecular formula is C23H24BrN5O. The Balaban J connectivity index is 1.63. The van der Waals surface area contributed by atoms with E-state index in [2.05, 4.69) is 61.6 Å². The summed E-state index contributed by atoms with van der Waals surface area (Å²) in [6, 6.07) is 14.4. The first-order valence-electron chi connectivity index (χ1n) is 10.0. The number of ether oxygens (including phenoxy) is 1. The molecule has 0 spiro atoms. The monoisotopic (exact) mass is 465 g/mol. The van der Waals surface area contributed by atoms with Gasteiger partial charge in [0.15, 0.2) is 0 Å². The predicted octanol–water partition coefficient (Wildman–Crippen LogP) is 4.67. The summed E-state index contributed by atoms with van der Waals surface area (Å²) in [5, 5.41) is 17.6. The molecule has 154 valence electrons. The van der Waals surface area contributed by atoms with Crippen LogP contribution in [0.1, 0.15) is 11.1 Å². The summed E-state index contributed by atoms with van der Waals surface area (Å²) < 4.78 is 6.39. The lowest BCUT2D eigenvalue weighted by atomic mass is 10.0. The molecule has 30 heavy (non-hydrogen) atoms. The molecule has 0 radical (unpaired) electrons. The first-order valence-corrected chi connectivity index (χ1v) is 10.8. The van der Waals surface area contributed by atoms with Crippen LogP contribution in [0.25, 0.3) is 10.9 Å². The SMILES string of the molecule is Cc1cc(NCCN2CCOCC2)cc2c(Nc3cccc(Br)c3)c(C#N)cnc12. The molecule has 0 unspecified atom stereocenters. The highest BCUT2D eigenvalue weighted by atomic mass is 79.9. The molecule has 0 saturated carbocycles. The molecule has 4 rings (SSSR count). The number of morpholine rings is 1. The van der Waals surface area contributed by atoms with Crippen LogP contribution in [-0.2, 0) is 4.74 Å². The Hall–Kier alpha value is -2.66. The molecule has 7 heteroatoms. The zero-order valence-electron chi connectivity index (χ0n) is 16.9. The van der Waals surface area contributed by atoms with Gasteiger partial charge in [0.05, 0.1) is 30.0 Å². The van der Waals surface area contributed by atoms with Crippen molar-refractivity contribution in [2.75, 3.05) is 50.0 Å². The van der Waals surface area contributed by atoms with Gasteiger partial charge in [0, 0.05) is 53.6 Å². The molecule has 1 aromatic heterocycles. The number of aromatic nitrogens is 1. The summed E-state index contributed by atoms with van der Waals surface area (Å²) in [6.45, 7) is 7.45. The number of benzene rings is 2. The van der Waals surface area contributed by atoms with E-state index in [1.54, 1.807) is 6.20 Å². The Bertz CT molecular complexity index is 1090. The number of pyridine rings is 1. The van der Waals surface area contributed by atoms with E-state index >= 15 is 0 Å². The third-order valence-corrected chi connectivity index (χ3v) is 5.73. The van der Waals surface area contributed by atoms with Gasteiger partial charge in [-0.3, -0.25) is 9.88 Å². The molecular weight excluding hydrogens is 442 g/mol. The fraction of sp³-hybridized carbons (Fsp3) is 0.304. The smallest absolute Gasteiger partial charge is 0.103 e. The molecule has 6 nitrogen and oxygen atoms in total. The van der Waals surface area contributed by atoms with Crippen molar-refractivity contribution in [1.29, 1.82) is 5.26 Å². The number of nitrogens with zero attached hydrogens (tertiary/aromatic N) is 3. The average Bonchev–Trinajstić information content (AvgIpc) is 2.75. The fourth-order valence-electron chi connectivity index (χ4n) is 3.70. The molecule has 2 N–H and O–H groups in total. The van der Waals surface area contributed by atoms with Crippen molar-refractivity contribution in [2.45, 2.75) is 6.92 Å². The third kappa shape index (κ3) is 4.73. The van der Waals surface area contributed by atoms with Gasteiger partial charge in [-0.25, -0.2) is 0 Å². The average molecular weight is 466 g/mol. The zero-order valence-corrected chi connectivity index (χ0v) is 18.5. The highest BCUT2D eigenvalue weighted by Crippen LogP contribution is 2.33. The van der Waals surface area contributed by atoms with E-state index in [0.29, 0.717) is 5.56 Å². The van der Waals surface area contributed by atoms with Crippen molar-refractivity contribution >= 4 is 43.9 Å². The van der Waals surface area contributed by atoms with Crippen molar-refractivity contribution < 1.29 is 4.74 Å². The number of anilines is 3. The maximum atomic E-state index is 9.66. The Morgan fingerprint density at radius 1 is 1.20 bits per heavy atom. The fourth-order valence-corrected chi connectivity index (χ4v) is 4.09. The van der Waals surface area contributed by atoms with Crippen LogP contribution in [0.5, 0.6) is 0 Å². The summed E-state index contributed by atoms with van der Waals surface area (Å²) in [5.41, 5.74) is 5.21. The van der Waals surface area contributed by atoms with Gasteiger partial charge in [0.2, 0.25) is 0 Å². The van der Waals surface area contributed by atoms with Crippen LogP contribution in [0.4, 0.5) is 17.1 Å². The van der Waals surface area contributed by atoms with Crippen LogP contribution < -0.4 is 10.6 Å². The Morgan fingerprint density at radius 3 is 2.80 bits per heavy atom. The number of fused-ring (bicyclic) bond motifs is 1. The highest BCUT2D eigenvalue weighted by Gasteiger charge is 2.13. The van der Waals surface area contributed by atoms with E-state index < -0.39 is 0 Å². The second-order valence-electron chi connectivity index (χ2n) is 7.36. The maximum Gasteiger partial charge on any atom is 0.103 e. The highest BCUT2D eigenvalue weighted by molar-refractivity contribution is 9.10. The molecule has 1 fully saturated rings. The summed E-state index contributed by atoms with van der Waals surface area (Å²) in [6.07, 6.45) is 1.64. The molecule has 0 bridgehead atoms. The lowest BCUT2D eigenvalue weighted by Gasteiger charge is -2.26. The Kier molecular flexibility index (Phi) is 6.48. The minimum atomic E-state index is 0.521. The van der Waals surface area contributed by atoms with Gasteiger partial charge in [-0.2, -0.15) is 5.26 Å². The van der Waals surface area contributed by atoms with Crippen LogP contribution >= 0.6 is 15.9 Å². The minimum absolute atomic E-state index is 0.521. The minimum Gasteiger partial charge on any atom is -0.384 e. The molecule has 3 aromatic rings. The van der Waals surface area contributed by atoms with E-state index in [1.165, 1.54) is 0 Å². The van der Waals surface area contributed by atoms with Gasteiger partial charge in [0.1, 0.15) is 6.07 Å². The number of aryl methyl sites for hydroxylation is 1. The lowest BCUT2D eigenvalue weighted by Crippen LogP contribution is -2.39. The zero-order chi connectivity index (χ0) is 20.9. The van der Waals surface area contributed by atoms with Crippen LogP contribution in [-0.4, -0.2) is 49.3 Å². The number of nitriles is 1. The number of hydrogen-bond acceptors (Lipinski definition) is 6. The molecule has 2 heterocycles. The van der Waals surface area contributed by atoms with Crippen molar-refractivity contribution in [1.82, 2.24) is 9.88 Å². The number of hydrogen-bond donors (Lipinski definition) is 2. The van der Waals surface area contributed by atoms with Crippen molar-refractivity contribution in [2.24, 2.45) is 0 Å². The van der Waals surface area contributed by atoms with E-state index in [0.717, 1.165) is 77.4 Å². The third-order valence-electron chi connectivity index (χ3n) is 5.24. The van der Waals surface area contributed by atoms with E-state index in [-0.39, 0.29) is 0 Å². The van der Waals surface area contributed by atoms with Crippen molar-refractivity contribution in [3.63, 3.8) is 0 Å². The van der Waals surface area contributed by atoms with Crippen LogP contribution in [0.3, 0.4) is 0 Å². The standard InChI is InChI=1S/C23H24BrN5O/c1-16-11-20(26-5-6-29-7-9-30-10-8-29)13-21-22(16)27-15-17(14-25)23(21)28-19-4-2-3-18(24)12-19/h2-4,11-13,15,26H,5-10H2,1H3,(H,27,28). The quantitative estimate of drug-likeness (QED) is 0.551. The van der Waals surface area contributed by atoms with Crippen molar-refractivity contribution in [3.05, 3.63) is 58.2 Å². The summed E-state index contributed by atoms with van der Waals surface area (Å²) in [5.74, 6) is 0. The second kappa shape index (κ2) is 9.43. The van der Waals surface area contributed by atoms with Crippen LogP contribution in [0.2, 0.25) is 0 Å². The van der Waals surface area contributed by atoms with Gasteiger partial charge >= 0.3 is 0 Å². The van der Waals surface area contributed by atoms with E-state index in [1.807, 2.05) is 24.3 Å². The molecule has 1 saturated heterocycles. The van der Waals surface area contributed by atoms with Crippen molar-refractivity contribution in [3.8, 4) is 6.07 Å². The predicted molar refractivity (Wildman–Crippen MR) is 124 cm³/mol. The summed E-state index contributed by atoms with van der Waals surface area (Å²) in [4.78, 5) is 6.95. The van der Waals surface area contributed by atoms with E-state index in [4.69, 9.17) is 4.74 Å². The molecule has 0 atom stereocenters. The normalized spacial score (nSPS) is 14.4. The molecule has 0 amide bonds. The van der Waals surface area contributed by atoms with Gasteiger partial charge in [-0.05, 0) is 42.8 Å². The van der Waals surface area contributed by atoms with Crippen LogP contribution in [0, 0.1) is 18.3 Å². The van der Waals surface area contributed by atoms with E-state index in [9.17, 15) is 5.26 Å². The topological polar surface area (TPSA) is 73.2 Å². The number of rotatable bonds is 6. The molecule has 0 aliphatic carbocycles.